The van der Waals surface area contributed by atoms with Crippen molar-refractivity contribution in [3.8, 4) is 5.75 Å². The highest BCUT2D eigenvalue weighted by molar-refractivity contribution is 6.08. The fourth-order valence-electron chi connectivity index (χ4n) is 3.04. The molecule has 0 spiro atoms. The van der Waals surface area contributed by atoms with E-state index in [4.69, 9.17) is 9.47 Å². The molecular formula is C21H26N2O4. The summed E-state index contributed by atoms with van der Waals surface area (Å²) < 4.78 is 12.3. The van der Waals surface area contributed by atoms with Crippen molar-refractivity contribution in [1.82, 2.24) is 4.57 Å². The van der Waals surface area contributed by atoms with E-state index in [0.717, 1.165) is 5.75 Å². The number of carbonyl (C=O) groups excluding carboxylic acids is 2. The first-order valence-corrected chi connectivity index (χ1v) is 8.96. The van der Waals surface area contributed by atoms with E-state index >= 15 is 0 Å². The van der Waals surface area contributed by atoms with Crippen LogP contribution in [0.1, 0.15) is 46.0 Å². The molecule has 2 rings (SSSR count). The minimum atomic E-state index is -0.444. The van der Waals surface area contributed by atoms with Gasteiger partial charge in [0.1, 0.15) is 11.4 Å². The Balaban J connectivity index is 2.36. The minimum Gasteiger partial charge on any atom is -0.494 e. The van der Waals surface area contributed by atoms with Gasteiger partial charge in [0.25, 0.3) is 5.91 Å². The monoisotopic (exact) mass is 370 g/mol. The third kappa shape index (κ3) is 4.39. The number of nitrogens with zero attached hydrogens (tertiary/aromatic N) is 1. The molecule has 1 heterocycles. The van der Waals surface area contributed by atoms with Gasteiger partial charge in [-0.1, -0.05) is 6.08 Å². The average molecular weight is 370 g/mol. The molecule has 0 saturated heterocycles. The van der Waals surface area contributed by atoms with Gasteiger partial charge in [-0.3, -0.25) is 4.79 Å². The van der Waals surface area contributed by atoms with Crippen LogP contribution in [0.2, 0.25) is 0 Å². The van der Waals surface area contributed by atoms with Gasteiger partial charge in [-0.15, -0.1) is 6.58 Å². The highest BCUT2D eigenvalue weighted by Crippen LogP contribution is 2.25. The molecule has 144 valence electrons. The predicted molar refractivity (Wildman–Crippen MR) is 106 cm³/mol. The summed E-state index contributed by atoms with van der Waals surface area (Å²) in [6, 6.07) is 7.15. The van der Waals surface area contributed by atoms with Crippen LogP contribution in [0.5, 0.6) is 5.75 Å². The molecule has 6 nitrogen and oxygen atoms in total. The Bertz CT molecular complexity index is 835. The maximum Gasteiger partial charge on any atom is 0.355 e. The number of benzene rings is 1. The molecule has 0 atom stereocenters. The van der Waals surface area contributed by atoms with Crippen LogP contribution in [-0.4, -0.2) is 29.7 Å². The number of nitrogens with one attached hydrogen (secondary N) is 1. The van der Waals surface area contributed by atoms with Crippen LogP contribution in [-0.2, 0) is 11.3 Å². The van der Waals surface area contributed by atoms with Crippen LogP contribution in [0, 0.1) is 13.8 Å². The van der Waals surface area contributed by atoms with Crippen LogP contribution < -0.4 is 10.1 Å². The number of hydrogen-bond acceptors (Lipinski definition) is 4. The number of ether oxygens (including phenoxy) is 2. The zero-order valence-electron chi connectivity index (χ0n) is 16.3. The van der Waals surface area contributed by atoms with E-state index in [1.54, 1.807) is 48.8 Å². The number of amides is 1. The lowest BCUT2D eigenvalue weighted by Crippen LogP contribution is -2.14. The number of esters is 1. The third-order valence-electron chi connectivity index (χ3n) is 4.20. The Kier molecular flexibility index (Phi) is 6.82. The zero-order chi connectivity index (χ0) is 20.0. The van der Waals surface area contributed by atoms with Crippen LogP contribution in [0.25, 0.3) is 0 Å². The van der Waals surface area contributed by atoms with Crippen molar-refractivity contribution in [2.75, 3.05) is 18.5 Å². The normalized spacial score (nSPS) is 10.4. The number of hydrogen-bond donors (Lipinski definition) is 1. The van der Waals surface area contributed by atoms with E-state index in [2.05, 4.69) is 11.9 Å². The smallest absolute Gasteiger partial charge is 0.355 e. The molecule has 6 heteroatoms. The molecule has 0 aliphatic heterocycles. The first-order valence-electron chi connectivity index (χ1n) is 8.96. The Morgan fingerprint density at radius 2 is 1.81 bits per heavy atom. The van der Waals surface area contributed by atoms with E-state index in [-0.39, 0.29) is 12.5 Å². The van der Waals surface area contributed by atoms with E-state index in [0.29, 0.717) is 41.4 Å². The quantitative estimate of drug-likeness (QED) is 0.561. The molecule has 1 N–H and O–H groups in total. The van der Waals surface area contributed by atoms with Gasteiger partial charge in [0.15, 0.2) is 0 Å². The summed E-state index contributed by atoms with van der Waals surface area (Å²) in [4.78, 5) is 25.3. The van der Waals surface area contributed by atoms with E-state index in [1.165, 1.54) is 0 Å². The molecule has 1 aromatic heterocycles. The van der Waals surface area contributed by atoms with E-state index in [1.807, 2.05) is 13.8 Å². The topological polar surface area (TPSA) is 69.6 Å². The molecule has 0 saturated carbocycles. The van der Waals surface area contributed by atoms with Crippen molar-refractivity contribution in [3.05, 3.63) is 59.4 Å². The van der Waals surface area contributed by atoms with Crippen molar-refractivity contribution < 1.29 is 19.1 Å². The summed E-state index contributed by atoms with van der Waals surface area (Å²) >= 11 is 0. The van der Waals surface area contributed by atoms with Crippen molar-refractivity contribution >= 4 is 17.6 Å². The number of aromatic nitrogens is 1. The van der Waals surface area contributed by atoms with Crippen LogP contribution >= 0.6 is 0 Å². The van der Waals surface area contributed by atoms with Crippen molar-refractivity contribution in [1.29, 1.82) is 0 Å². The first-order chi connectivity index (χ1) is 12.9. The Morgan fingerprint density at radius 1 is 1.15 bits per heavy atom. The number of rotatable bonds is 8. The summed E-state index contributed by atoms with van der Waals surface area (Å²) in [6.07, 6.45) is 1.68. The molecule has 0 radical (unpaired) electrons. The zero-order valence-corrected chi connectivity index (χ0v) is 16.3. The SMILES string of the molecule is C=CCn1c(C)c(C(=O)Nc2ccc(OCC)cc2)c(C)c1C(=O)OCC. The lowest BCUT2D eigenvalue weighted by Gasteiger charge is -2.09. The number of carbonyl (C=O) groups is 2. The molecular weight excluding hydrogens is 344 g/mol. The molecule has 1 aromatic carbocycles. The second-order valence-corrected chi connectivity index (χ2v) is 5.97. The van der Waals surface area contributed by atoms with Gasteiger partial charge in [0, 0.05) is 17.9 Å². The summed E-state index contributed by atoms with van der Waals surface area (Å²) in [5.41, 5.74) is 2.78. The van der Waals surface area contributed by atoms with Crippen LogP contribution in [0.4, 0.5) is 5.69 Å². The van der Waals surface area contributed by atoms with Crippen LogP contribution in [0.3, 0.4) is 0 Å². The Labute approximate surface area is 159 Å². The van der Waals surface area contributed by atoms with Crippen molar-refractivity contribution in [3.63, 3.8) is 0 Å². The van der Waals surface area contributed by atoms with Gasteiger partial charge in [0.2, 0.25) is 0 Å². The van der Waals surface area contributed by atoms with Crippen LogP contribution in [0.15, 0.2) is 36.9 Å². The molecule has 0 unspecified atom stereocenters. The lowest BCUT2D eigenvalue weighted by molar-refractivity contribution is 0.0513. The fourth-order valence-corrected chi connectivity index (χ4v) is 3.04. The second-order valence-electron chi connectivity index (χ2n) is 5.97. The van der Waals surface area contributed by atoms with Crippen molar-refractivity contribution in [2.45, 2.75) is 34.2 Å². The molecule has 1 amide bonds. The van der Waals surface area contributed by atoms with Gasteiger partial charge in [-0.25, -0.2) is 4.79 Å². The Hall–Kier alpha value is -3.02. The van der Waals surface area contributed by atoms with Crippen molar-refractivity contribution in [2.24, 2.45) is 0 Å². The summed E-state index contributed by atoms with van der Waals surface area (Å²) in [5, 5.41) is 2.88. The fraction of sp³-hybridized carbons (Fsp3) is 0.333. The average Bonchev–Trinajstić information content (AvgIpc) is 2.88. The summed E-state index contributed by atoms with van der Waals surface area (Å²) in [7, 11) is 0. The lowest BCUT2D eigenvalue weighted by atomic mass is 10.1. The second kappa shape index (κ2) is 9.07. The van der Waals surface area contributed by atoms with Gasteiger partial charge in [-0.2, -0.15) is 0 Å². The largest absolute Gasteiger partial charge is 0.494 e. The van der Waals surface area contributed by atoms with E-state index in [9.17, 15) is 9.59 Å². The summed E-state index contributed by atoms with van der Waals surface area (Å²) in [6.45, 7) is 12.2. The molecule has 0 aliphatic carbocycles. The number of anilines is 1. The molecule has 27 heavy (non-hydrogen) atoms. The highest BCUT2D eigenvalue weighted by atomic mass is 16.5. The standard InChI is InChI=1S/C21H26N2O4/c1-6-13-23-15(5)18(14(4)19(23)21(25)27-8-3)20(24)22-16-9-11-17(12-10-16)26-7-2/h6,9-12H,1,7-8,13H2,2-5H3,(H,22,24). The Morgan fingerprint density at radius 3 is 2.37 bits per heavy atom. The maximum absolute atomic E-state index is 12.9. The third-order valence-corrected chi connectivity index (χ3v) is 4.20. The van der Waals surface area contributed by atoms with Gasteiger partial charge >= 0.3 is 5.97 Å². The molecule has 0 fully saturated rings. The minimum absolute atomic E-state index is 0.268. The highest BCUT2D eigenvalue weighted by Gasteiger charge is 2.26. The maximum atomic E-state index is 12.9. The van der Waals surface area contributed by atoms with Gasteiger partial charge < -0.3 is 19.4 Å². The number of allylic oxidation sites excluding steroid dienone is 1. The first kappa shape index (κ1) is 20.3. The predicted octanol–water partition coefficient (Wildman–Crippen LogP) is 4.12. The molecule has 2 aromatic rings. The molecule has 0 aliphatic rings. The summed E-state index contributed by atoms with van der Waals surface area (Å²) in [5.74, 6) is 0.0205. The van der Waals surface area contributed by atoms with Gasteiger partial charge in [0.05, 0.1) is 18.8 Å². The molecule has 0 bridgehead atoms. The van der Waals surface area contributed by atoms with E-state index < -0.39 is 5.97 Å². The van der Waals surface area contributed by atoms with Gasteiger partial charge in [-0.05, 0) is 57.5 Å².